The average molecular weight is 400 g/mol. The van der Waals surface area contributed by atoms with Crippen molar-refractivity contribution in [3.05, 3.63) is 54.3 Å². The minimum atomic E-state index is -0.557. The Morgan fingerprint density at radius 3 is 1.90 bits per heavy atom. The topological polar surface area (TPSA) is 90.5 Å². The van der Waals surface area contributed by atoms with E-state index in [4.69, 9.17) is 0 Å². The molecule has 1 atom stereocenters. The summed E-state index contributed by atoms with van der Waals surface area (Å²) < 4.78 is 13.0. The van der Waals surface area contributed by atoms with E-state index in [2.05, 4.69) is 16.0 Å². The second-order valence-corrected chi connectivity index (χ2v) is 6.54. The van der Waals surface area contributed by atoms with Gasteiger partial charge in [-0.2, -0.15) is 0 Å². The number of hydrogen-bond donors (Lipinski definition) is 3. The van der Waals surface area contributed by atoms with Gasteiger partial charge in [-0.1, -0.05) is 6.92 Å². The summed E-state index contributed by atoms with van der Waals surface area (Å²) in [4.78, 5) is 37.6. The van der Waals surface area contributed by atoms with Crippen molar-refractivity contribution in [2.75, 3.05) is 29.0 Å². The molecule has 0 saturated heterocycles. The summed E-state index contributed by atoms with van der Waals surface area (Å²) in [6, 6.07) is 11.7. The molecule has 2 aromatic rings. The normalized spacial score (nSPS) is 11.6. The molecule has 0 radical (unpaired) electrons. The highest BCUT2D eigenvalue weighted by molar-refractivity contribution is 5.96. The van der Waals surface area contributed by atoms with E-state index in [1.807, 2.05) is 6.92 Å². The highest BCUT2D eigenvalue weighted by Gasteiger charge is 2.22. The van der Waals surface area contributed by atoms with Crippen LogP contribution in [0, 0.1) is 5.82 Å². The molecule has 0 saturated carbocycles. The monoisotopic (exact) mass is 400 g/mol. The van der Waals surface area contributed by atoms with Crippen LogP contribution in [0.2, 0.25) is 0 Å². The van der Waals surface area contributed by atoms with Crippen LogP contribution in [-0.4, -0.2) is 41.8 Å². The summed E-state index contributed by atoms with van der Waals surface area (Å²) in [5.74, 6) is -1.10. The number of hydrogen-bond acceptors (Lipinski definition) is 4. The number of nitrogens with zero attached hydrogens (tertiary/aromatic N) is 1. The Morgan fingerprint density at radius 2 is 1.38 bits per heavy atom. The fourth-order valence-electron chi connectivity index (χ4n) is 2.69. The first kappa shape index (κ1) is 22.0. The minimum absolute atomic E-state index is 0.0297. The standard InChI is InChI=1S/C21H25FN4O3/c1-4-26(14(2)21(29)25-19-7-5-16(22)6-8-19)13-20(28)24-18-11-9-17(10-12-18)23-15(3)27/h5-12,14H,4,13H2,1-3H3,(H,23,27)(H,24,28)(H,25,29)/t14-/m0/s1. The molecule has 8 heteroatoms. The van der Waals surface area contributed by atoms with Gasteiger partial charge in [-0.25, -0.2) is 4.39 Å². The van der Waals surface area contributed by atoms with Crippen LogP contribution < -0.4 is 16.0 Å². The molecule has 0 unspecified atom stereocenters. The molecule has 3 N–H and O–H groups in total. The van der Waals surface area contributed by atoms with Gasteiger partial charge in [0.2, 0.25) is 17.7 Å². The van der Waals surface area contributed by atoms with E-state index in [1.54, 1.807) is 36.1 Å². The Bertz CT molecular complexity index is 853. The number of nitrogens with one attached hydrogen (secondary N) is 3. The summed E-state index contributed by atoms with van der Waals surface area (Å²) in [7, 11) is 0. The Hall–Kier alpha value is -3.26. The quantitative estimate of drug-likeness (QED) is 0.635. The van der Waals surface area contributed by atoms with Crippen LogP contribution in [0.4, 0.5) is 21.5 Å². The summed E-state index contributed by atoms with van der Waals surface area (Å²) in [6.07, 6.45) is 0. The summed E-state index contributed by atoms with van der Waals surface area (Å²) >= 11 is 0. The Balaban J connectivity index is 1.91. The predicted octanol–water partition coefficient (Wildman–Crippen LogP) is 3.07. The maximum absolute atomic E-state index is 13.0. The van der Waals surface area contributed by atoms with Gasteiger partial charge in [-0.3, -0.25) is 19.3 Å². The molecule has 0 spiro atoms. The van der Waals surface area contributed by atoms with Crippen LogP contribution in [0.15, 0.2) is 48.5 Å². The van der Waals surface area contributed by atoms with Crippen molar-refractivity contribution in [2.24, 2.45) is 0 Å². The Labute approximate surface area is 169 Å². The summed E-state index contributed by atoms with van der Waals surface area (Å²) in [6.45, 7) is 5.51. The summed E-state index contributed by atoms with van der Waals surface area (Å²) in [5.41, 5.74) is 1.71. The first-order chi connectivity index (χ1) is 13.8. The van der Waals surface area contributed by atoms with E-state index in [0.717, 1.165) is 0 Å². The number of carbonyl (C=O) groups excluding carboxylic acids is 3. The van der Waals surface area contributed by atoms with Crippen molar-refractivity contribution in [3.8, 4) is 0 Å². The number of amides is 3. The lowest BCUT2D eigenvalue weighted by molar-refractivity contribution is -0.123. The van der Waals surface area contributed by atoms with E-state index < -0.39 is 6.04 Å². The molecule has 0 aliphatic rings. The van der Waals surface area contributed by atoms with Crippen LogP contribution in [0.5, 0.6) is 0 Å². The van der Waals surface area contributed by atoms with Crippen molar-refractivity contribution in [2.45, 2.75) is 26.8 Å². The highest BCUT2D eigenvalue weighted by Crippen LogP contribution is 2.14. The average Bonchev–Trinajstić information content (AvgIpc) is 2.68. The molecule has 0 aliphatic heterocycles. The molecule has 0 aromatic heterocycles. The fraction of sp³-hybridized carbons (Fsp3) is 0.286. The lowest BCUT2D eigenvalue weighted by Gasteiger charge is -2.26. The van der Waals surface area contributed by atoms with Gasteiger partial charge >= 0.3 is 0 Å². The zero-order valence-electron chi connectivity index (χ0n) is 16.7. The van der Waals surface area contributed by atoms with Crippen molar-refractivity contribution >= 4 is 34.8 Å². The molecule has 2 rings (SSSR count). The van der Waals surface area contributed by atoms with E-state index in [1.165, 1.54) is 31.2 Å². The van der Waals surface area contributed by atoms with Gasteiger partial charge in [0.15, 0.2) is 0 Å². The van der Waals surface area contributed by atoms with Crippen LogP contribution in [0.3, 0.4) is 0 Å². The predicted molar refractivity (Wildman–Crippen MR) is 111 cm³/mol. The third-order valence-corrected chi connectivity index (χ3v) is 4.28. The largest absolute Gasteiger partial charge is 0.326 e. The molecule has 2 aromatic carbocycles. The Kier molecular flexibility index (Phi) is 7.85. The molecular formula is C21H25FN4O3. The second-order valence-electron chi connectivity index (χ2n) is 6.54. The third-order valence-electron chi connectivity index (χ3n) is 4.28. The van der Waals surface area contributed by atoms with Crippen molar-refractivity contribution in [3.63, 3.8) is 0 Å². The molecule has 0 bridgehead atoms. The smallest absolute Gasteiger partial charge is 0.241 e. The van der Waals surface area contributed by atoms with Crippen molar-refractivity contribution in [1.29, 1.82) is 0 Å². The van der Waals surface area contributed by atoms with Gasteiger partial charge in [0, 0.05) is 24.0 Å². The van der Waals surface area contributed by atoms with Gasteiger partial charge in [0.25, 0.3) is 0 Å². The second kappa shape index (κ2) is 10.3. The number of halogens is 1. The highest BCUT2D eigenvalue weighted by atomic mass is 19.1. The van der Waals surface area contributed by atoms with Crippen LogP contribution in [-0.2, 0) is 14.4 Å². The first-order valence-electron chi connectivity index (χ1n) is 9.26. The van der Waals surface area contributed by atoms with E-state index in [9.17, 15) is 18.8 Å². The zero-order valence-corrected chi connectivity index (χ0v) is 16.7. The number of likely N-dealkylation sites (N-methyl/N-ethyl adjacent to an activating group) is 1. The molecular weight excluding hydrogens is 375 g/mol. The van der Waals surface area contributed by atoms with Gasteiger partial charge in [0.1, 0.15) is 5.82 Å². The van der Waals surface area contributed by atoms with Crippen LogP contribution in [0.25, 0.3) is 0 Å². The molecule has 0 fully saturated rings. The number of benzene rings is 2. The molecule has 0 aliphatic carbocycles. The third kappa shape index (κ3) is 7.00. The molecule has 154 valence electrons. The lowest BCUT2D eigenvalue weighted by Crippen LogP contribution is -2.45. The SMILES string of the molecule is CCN(CC(=O)Nc1ccc(NC(C)=O)cc1)[C@@H](C)C(=O)Nc1ccc(F)cc1. The maximum atomic E-state index is 13.0. The molecule has 3 amide bonds. The number of rotatable bonds is 8. The molecule has 29 heavy (non-hydrogen) atoms. The van der Waals surface area contributed by atoms with Gasteiger partial charge in [-0.15, -0.1) is 0 Å². The lowest BCUT2D eigenvalue weighted by atomic mass is 10.2. The maximum Gasteiger partial charge on any atom is 0.241 e. The molecule has 7 nitrogen and oxygen atoms in total. The van der Waals surface area contributed by atoms with Gasteiger partial charge < -0.3 is 16.0 Å². The molecule has 0 heterocycles. The van der Waals surface area contributed by atoms with Gasteiger partial charge in [0.05, 0.1) is 12.6 Å². The van der Waals surface area contributed by atoms with E-state index in [0.29, 0.717) is 23.6 Å². The van der Waals surface area contributed by atoms with Crippen LogP contribution >= 0.6 is 0 Å². The van der Waals surface area contributed by atoms with Crippen molar-refractivity contribution < 1.29 is 18.8 Å². The number of carbonyl (C=O) groups is 3. The summed E-state index contributed by atoms with van der Waals surface area (Å²) in [5, 5.41) is 8.14. The van der Waals surface area contributed by atoms with Gasteiger partial charge in [-0.05, 0) is 62.0 Å². The number of anilines is 3. The zero-order chi connectivity index (χ0) is 21.4. The Morgan fingerprint density at radius 1 is 0.897 bits per heavy atom. The fourth-order valence-corrected chi connectivity index (χ4v) is 2.69. The van der Waals surface area contributed by atoms with Crippen molar-refractivity contribution in [1.82, 2.24) is 4.90 Å². The van der Waals surface area contributed by atoms with Crippen LogP contribution in [0.1, 0.15) is 20.8 Å². The first-order valence-corrected chi connectivity index (χ1v) is 9.26. The van der Waals surface area contributed by atoms with E-state index in [-0.39, 0.29) is 30.1 Å². The van der Waals surface area contributed by atoms with E-state index >= 15 is 0 Å². The minimum Gasteiger partial charge on any atom is -0.326 e.